The van der Waals surface area contributed by atoms with Gasteiger partial charge >= 0.3 is 6.09 Å². The zero-order chi connectivity index (χ0) is 14.8. The normalized spacial score (nSPS) is 11.2. The Hall–Kier alpha value is -2.34. The van der Waals surface area contributed by atoms with E-state index in [1.807, 2.05) is 30.3 Å². The summed E-state index contributed by atoms with van der Waals surface area (Å²) in [4.78, 5) is 27.7. The van der Waals surface area contributed by atoms with Crippen LogP contribution >= 0.6 is 0 Å². The molecule has 0 aliphatic heterocycles. The average molecular weight is 278 g/mol. The van der Waals surface area contributed by atoms with Crippen molar-refractivity contribution in [3.63, 3.8) is 0 Å². The van der Waals surface area contributed by atoms with Crippen molar-refractivity contribution in [1.29, 1.82) is 0 Å². The number of hydrogen-bond acceptors (Lipinski definition) is 4. The lowest BCUT2D eigenvalue weighted by atomic mass is 10.2. The van der Waals surface area contributed by atoms with E-state index in [0.717, 1.165) is 5.56 Å². The molecule has 0 spiro atoms. The van der Waals surface area contributed by atoms with Crippen LogP contribution in [0.3, 0.4) is 0 Å². The van der Waals surface area contributed by atoms with Crippen molar-refractivity contribution >= 4 is 12.0 Å². The maximum atomic E-state index is 11.6. The molecule has 6 nitrogen and oxygen atoms in total. The Balaban J connectivity index is 2.45. The van der Waals surface area contributed by atoms with Crippen molar-refractivity contribution in [1.82, 2.24) is 10.8 Å². The van der Waals surface area contributed by atoms with Gasteiger partial charge in [0, 0.05) is 0 Å². The molecule has 0 aromatic heterocycles. The van der Waals surface area contributed by atoms with Gasteiger partial charge in [-0.05, 0) is 12.0 Å². The molecule has 1 rings (SSSR count). The molecule has 0 saturated heterocycles. The summed E-state index contributed by atoms with van der Waals surface area (Å²) in [6.45, 7) is 3.67. The Morgan fingerprint density at radius 3 is 2.65 bits per heavy atom. The van der Waals surface area contributed by atoms with Gasteiger partial charge < -0.3 is 10.1 Å². The minimum absolute atomic E-state index is 0.138. The van der Waals surface area contributed by atoms with Crippen LogP contribution in [-0.4, -0.2) is 25.2 Å². The second kappa shape index (κ2) is 8.71. The minimum atomic E-state index is -0.782. The molecule has 0 saturated carbocycles. The van der Waals surface area contributed by atoms with Gasteiger partial charge in [-0.15, -0.1) is 6.58 Å². The molecule has 2 amide bonds. The van der Waals surface area contributed by atoms with Gasteiger partial charge in [0.05, 0.1) is 7.11 Å². The molecule has 20 heavy (non-hydrogen) atoms. The van der Waals surface area contributed by atoms with E-state index in [-0.39, 0.29) is 13.0 Å². The molecule has 0 aliphatic carbocycles. The van der Waals surface area contributed by atoms with Crippen LogP contribution < -0.4 is 10.8 Å². The van der Waals surface area contributed by atoms with E-state index in [1.54, 1.807) is 0 Å². The molecule has 1 aromatic carbocycles. The molecule has 1 aromatic rings. The van der Waals surface area contributed by atoms with Crippen molar-refractivity contribution in [3.05, 3.63) is 48.6 Å². The van der Waals surface area contributed by atoms with Crippen LogP contribution in [0.15, 0.2) is 43.0 Å². The summed E-state index contributed by atoms with van der Waals surface area (Å²) in [5, 5.41) is 2.45. The number of hydroxylamine groups is 1. The highest BCUT2D eigenvalue weighted by Gasteiger charge is 2.19. The van der Waals surface area contributed by atoms with Crippen LogP contribution in [0.1, 0.15) is 12.0 Å². The molecule has 1 atom stereocenters. The number of alkyl carbamates (subject to hydrolysis) is 1. The summed E-state index contributed by atoms with van der Waals surface area (Å²) in [6, 6.07) is 8.47. The highest BCUT2D eigenvalue weighted by atomic mass is 16.6. The number of rotatable bonds is 7. The zero-order valence-corrected chi connectivity index (χ0v) is 11.3. The van der Waals surface area contributed by atoms with E-state index >= 15 is 0 Å². The Kier molecular flexibility index (Phi) is 6.84. The topological polar surface area (TPSA) is 76.7 Å². The highest BCUT2D eigenvalue weighted by molar-refractivity contribution is 5.85. The van der Waals surface area contributed by atoms with Gasteiger partial charge in [-0.25, -0.2) is 10.3 Å². The standard InChI is InChI=1S/C14H18N2O4/c1-3-7-12(13(17)16-19-2)15-14(18)20-10-11-8-5-4-6-9-11/h3-6,8-9,12H,1,7,10H2,2H3,(H,15,18)(H,16,17). The number of carbonyl (C=O) groups is 2. The second-order valence-corrected chi connectivity index (χ2v) is 3.95. The van der Waals surface area contributed by atoms with Crippen molar-refractivity contribution in [2.75, 3.05) is 7.11 Å². The Morgan fingerprint density at radius 1 is 1.35 bits per heavy atom. The van der Waals surface area contributed by atoms with Crippen LogP contribution in [0.4, 0.5) is 4.79 Å². The van der Waals surface area contributed by atoms with E-state index in [9.17, 15) is 9.59 Å². The molecule has 0 fully saturated rings. The Bertz CT molecular complexity index is 448. The monoisotopic (exact) mass is 278 g/mol. The first-order valence-electron chi connectivity index (χ1n) is 6.08. The number of ether oxygens (including phenoxy) is 1. The van der Waals surface area contributed by atoms with Gasteiger partial charge in [0.15, 0.2) is 0 Å². The SMILES string of the molecule is C=CCC(NC(=O)OCc1ccccc1)C(=O)NOC. The fourth-order valence-corrected chi connectivity index (χ4v) is 1.48. The molecule has 0 radical (unpaired) electrons. The molecule has 6 heteroatoms. The van der Waals surface area contributed by atoms with Gasteiger partial charge in [0.25, 0.3) is 5.91 Å². The maximum absolute atomic E-state index is 11.6. The Morgan fingerprint density at radius 2 is 2.05 bits per heavy atom. The predicted molar refractivity (Wildman–Crippen MR) is 73.5 cm³/mol. The summed E-state index contributed by atoms with van der Waals surface area (Å²) in [6.07, 6.45) is 1.12. The molecule has 0 heterocycles. The zero-order valence-electron chi connectivity index (χ0n) is 11.3. The quantitative estimate of drug-likeness (QED) is 0.586. The molecule has 0 bridgehead atoms. The van der Waals surface area contributed by atoms with Crippen molar-refractivity contribution in [3.8, 4) is 0 Å². The van der Waals surface area contributed by atoms with Gasteiger partial charge in [-0.3, -0.25) is 9.63 Å². The first-order chi connectivity index (χ1) is 9.67. The third-order valence-corrected chi connectivity index (χ3v) is 2.43. The van der Waals surface area contributed by atoms with Gasteiger partial charge in [-0.1, -0.05) is 36.4 Å². The number of amides is 2. The molecule has 2 N–H and O–H groups in total. The molecule has 1 unspecified atom stereocenters. The highest BCUT2D eigenvalue weighted by Crippen LogP contribution is 2.01. The maximum Gasteiger partial charge on any atom is 0.408 e. The van der Waals surface area contributed by atoms with Crippen LogP contribution in [0.2, 0.25) is 0 Å². The number of hydrogen-bond donors (Lipinski definition) is 2. The molecular weight excluding hydrogens is 260 g/mol. The summed E-state index contributed by atoms with van der Waals surface area (Å²) in [5.41, 5.74) is 3.02. The van der Waals surface area contributed by atoms with Crippen LogP contribution in [0.5, 0.6) is 0 Å². The first-order valence-corrected chi connectivity index (χ1v) is 6.08. The minimum Gasteiger partial charge on any atom is -0.445 e. The predicted octanol–water partition coefficient (Wildman–Crippen LogP) is 1.54. The van der Waals surface area contributed by atoms with Crippen LogP contribution in [0, 0.1) is 0 Å². The van der Waals surface area contributed by atoms with Gasteiger partial charge in [0.2, 0.25) is 0 Å². The van der Waals surface area contributed by atoms with E-state index < -0.39 is 18.0 Å². The number of nitrogens with one attached hydrogen (secondary N) is 2. The summed E-state index contributed by atoms with van der Waals surface area (Å²) in [5.74, 6) is -0.468. The molecule has 108 valence electrons. The molecular formula is C14H18N2O4. The van der Waals surface area contributed by atoms with Gasteiger partial charge in [0.1, 0.15) is 12.6 Å². The van der Waals surface area contributed by atoms with Crippen molar-refractivity contribution < 1.29 is 19.2 Å². The lowest BCUT2D eigenvalue weighted by Gasteiger charge is -2.15. The summed E-state index contributed by atoms with van der Waals surface area (Å²) >= 11 is 0. The fraction of sp³-hybridized carbons (Fsp3) is 0.286. The lowest BCUT2D eigenvalue weighted by molar-refractivity contribution is -0.133. The fourth-order valence-electron chi connectivity index (χ4n) is 1.48. The van der Waals surface area contributed by atoms with E-state index in [1.165, 1.54) is 13.2 Å². The number of carbonyl (C=O) groups excluding carboxylic acids is 2. The first kappa shape index (κ1) is 15.7. The average Bonchev–Trinajstić information content (AvgIpc) is 2.46. The largest absolute Gasteiger partial charge is 0.445 e. The van der Waals surface area contributed by atoms with Crippen molar-refractivity contribution in [2.24, 2.45) is 0 Å². The number of benzene rings is 1. The smallest absolute Gasteiger partial charge is 0.408 e. The van der Waals surface area contributed by atoms with Crippen molar-refractivity contribution in [2.45, 2.75) is 19.1 Å². The molecule has 0 aliphatic rings. The second-order valence-electron chi connectivity index (χ2n) is 3.95. The summed E-state index contributed by atoms with van der Waals surface area (Å²) < 4.78 is 5.03. The third kappa shape index (κ3) is 5.53. The van der Waals surface area contributed by atoms with Gasteiger partial charge in [-0.2, -0.15) is 0 Å². The summed E-state index contributed by atoms with van der Waals surface area (Å²) in [7, 11) is 1.32. The van der Waals surface area contributed by atoms with Crippen LogP contribution in [0.25, 0.3) is 0 Å². The van der Waals surface area contributed by atoms with E-state index in [2.05, 4.69) is 22.2 Å². The van der Waals surface area contributed by atoms with Crippen LogP contribution in [-0.2, 0) is 21.0 Å². The third-order valence-electron chi connectivity index (χ3n) is 2.43. The Labute approximate surface area is 117 Å². The lowest BCUT2D eigenvalue weighted by Crippen LogP contribution is -2.46. The van der Waals surface area contributed by atoms with E-state index in [0.29, 0.717) is 0 Å². The van der Waals surface area contributed by atoms with E-state index in [4.69, 9.17) is 4.74 Å².